The Kier molecular flexibility index (Phi) is 4.55. The molecule has 18 heavy (non-hydrogen) atoms. The number of aliphatic hydroxyl groups is 1. The molecular weight excluding hydrogens is 233 g/mol. The van der Waals surface area contributed by atoms with Gasteiger partial charge in [-0.1, -0.05) is 18.6 Å². The van der Waals surface area contributed by atoms with Crippen molar-refractivity contribution in [3.05, 3.63) is 29.6 Å². The van der Waals surface area contributed by atoms with Crippen molar-refractivity contribution in [2.24, 2.45) is 5.92 Å². The molecular formula is C14H20FNO2. The number of hydrogen-bond donors (Lipinski definition) is 3. The van der Waals surface area contributed by atoms with Crippen molar-refractivity contribution >= 4 is 0 Å². The minimum atomic E-state index is -0.581. The molecule has 1 aliphatic carbocycles. The molecule has 2 atom stereocenters. The van der Waals surface area contributed by atoms with E-state index in [4.69, 9.17) is 0 Å². The van der Waals surface area contributed by atoms with Gasteiger partial charge in [0, 0.05) is 12.1 Å². The van der Waals surface area contributed by atoms with E-state index in [1.165, 1.54) is 6.07 Å². The van der Waals surface area contributed by atoms with Crippen LogP contribution in [0.2, 0.25) is 0 Å². The van der Waals surface area contributed by atoms with Crippen molar-refractivity contribution in [1.82, 2.24) is 5.32 Å². The molecule has 0 heterocycles. The molecule has 1 aromatic carbocycles. The van der Waals surface area contributed by atoms with Gasteiger partial charge in [-0.2, -0.15) is 0 Å². The topological polar surface area (TPSA) is 52.5 Å². The Morgan fingerprint density at radius 1 is 1.33 bits per heavy atom. The SMILES string of the molecule is Oc1c(F)cccc1CNCC1CCCC(O)C1. The van der Waals surface area contributed by atoms with Gasteiger partial charge in [-0.15, -0.1) is 0 Å². The van der Waals surface area contributed by atoms with Crippen LogP contribution in [0.3, 0.4) is 0 Å². The van der Waals surface area contributed by atoms with E-state index >= 15 is 0 Å². The van der Waals surface area contributed by atoms with Crippen LogP contribution in [0.25, 0.3) is 0 Å². The molecule has 0 amide bonds. The van der Waals surface area contributed by atoms with Gasteiger partial charge in [-0.05, 0) is 37.8 Å². The minimum absolute atomic E-state index is 0.173. The van der Waals surface area contributed by atoms with Crippen LogP contribution in [0.4, 0.5) is 4.39 Å². The molecule has 2 rings (SSSR count). The van der Waals surface area contributed by atoms with Gasteiger partial charge in [0.2, 0.25) is 0 Å². The Labute approximate surface area is 107 Å². The van der Waals surface area contributed by atoms with Crippen molar-refractivity contribution < 1.29 is 14.6 Å². The number of nitrogens with one attached hydrogen (secondary N) is 1. The molecule has 3 N–H and O–H groups in total. The first-order chi connectivity index (χ1) is 8.66. The lowest BCUT2D eigenvalue weighted by molar-refractivity contribution is 0.101. The summed E-state index contributed by atoms with van der Waals surface area (Å²) in [5.74, 6) is -0.375. The van der Waals surface area contributed by atoms with Gasteiger partial charge in [-0.3, -0.25) is 0 Å². The number of aliphatic hydroxyl groups excluding tert-OH is 1. The highest BCUT2D eigenvalue weighted by Crippen LogP contribution is 2.24. The fourth-order valence-electron chi connectivity index (χ4n) is 2.56. The fraction of sp³-hybridized carbons (Fsp3) is 0.571. The second kappa shape index (κ2) is 6.16. The first-order valence-electron chi connectivity index (χ1n) is 6.52. The molecule has 1 saturated carbocycles. The van der Waals surface area contributed by atoms with Gasteiger partial charge in [0.25, 0.3) is 0 Å². The smallest absolute Gasteiger partial charge is 0.165 e. The quantitative estimate of drug-likeness (QED) is 0.771. The summed E-state index contributed by atoms with van der Waals surface area (Å²) in [6.45, 7) is 1.25. The van der Waals surface area contributed by atoms with Crippen LogP contribution in [0.5, 0.6) is 5.75 Å². The van der Waals surface area contributed by atoms with Crippen molar-refractivity contribution in [3.8, 4) is 5.75 Å². The Balaban J connectivity index is 1.79. The number of aromatic hydroxyl groups is 1. The zero-order chi connectivity index (χ0) is 13.0. The summed E-state index contributed by atoms with van der Waals surface area (Å²) in [4.78, 5) is 0. The summed E-state index contributed by atoms with van der Waals surface area (Å²) in [7, 11) is 0. The molecule has 0 saturated heterocycles. The van der Waals surface area contributed by atoms with Crippen molar-refractivity contribution in [1.29, 1.82) is 0 Å². The third-order valence-electron chi connectivity index (χ3n) is 3.57. The molecule has 4 heteroatoms. The molecule has 0 radical (unpaired) electrons. The predicted molar refractivity (Wildman–Crippen MR) is 67.7 cm³/mol. The zero-order valence-corrected chi connectivity index (χ0v) is 10.4. The molecule has 100 valence electrons. The Morgan fingerprint density at radius 3 is 2.94 bits per heavy atom. The predicted octanol–water partition coefficient (Wildman–Crippen LogP) is 2.17. The molecule has 0 bridgehead atoms. The highest BCUT2D eigenvalue weighted by molar-refractivity contribution is 5.33. The van der Waals surface area contributed by atoms with Crippen molar-refractivity contribution in [2.75, 3.05) is 6.54 Å². The fourth-order valence-corrected chi connectivity index (χ4v) is 2.56. The second-order valence-corrected chi connectivity index (χ2v) is 5.06. The van der Waals surface area contributed by atoms with Crippen molar-refractivity contribution in [2.45, 2.75) is 38.3 Å². The third kappa shape index (κ3) is 3.43. The molecule has 1 aliphatic rings. The largest absolute Gasteiger partial charge is 0.505 e. The average molecular weight is 253 g/mol. The molecule has 2 unspecified atom stereocenters. The lowest BCUT2D eigenvalue weighted by Crippen LogP contribution is -2.28. The number of halogens is 1. The van der Waals surface area contributed by atoms with Crippen molar-refractivity contribution in [3.63, 3.8) is 0 Å². The minimum Gasteiger partial charge on any atom is -0.505 e. The van der Waals surface area contributed by atoms with E-state index in [0.717, 1.165) is 32.2 Å². The Morgan fingerprint density at radius 2 is 2.17 bits per heavy atom. The molecule has 3 nitrogen and oxygen atoms in total. The van der Waals surface area contributed by atoms with E-state index < -0.39 is 5.82 Å². The summed E-state index contributed by atoms with van der Waals surface area (Å²) in [5.41, 5.74) is 0.575. The average Bonchev–Trinajstić information content (AvgIpc) is 2.35. The third-order valence-corrected chi connectivity index (χ3v) is 3.57. The normalized spacial score (nSPS) is 24.1. The van der Waals surface area contributed by atoms with Gasteiger partial charge < -0.3 is 15.5 Å². The lowest BCUT2D eigenvalue weighted by atomic mass is 9.87. The summed E-state index contributed by atoms with van der Waals surface area (Å²) in [6.07, 6.45) is 3.76. The number of para-hydroxylation sites is 1. The Hall–Kier alpha value is -1.13. The molecule has 0 spiro atoms. The van der Waals surface area contributed by atoms with Gasteiger partial charge in [0.15, 0.2) is 11.6 Å². The van der Waals surface area contributed by atoms with Crippen LogP contribution in [0.15, 0.2) is 18.2 Å². The molecule has 1 fully saturated rings. The van der Waals surface area contributed by atoms with Gasteiger partial charge in [0.05, 0.1) is 6.10 Å². The van der Waals surface area contributed by atoms with E-state index in [2.05, 4.69) is 5.32 Å². The number of hydrogen-bond acceptors (Lipinski definition) is 3. The van der Waals surface area contributed by atoms with Crippen LogP contribution in [0, 0.1) is 11.7 Å². The van der Waals surface area contributed by atoms with E-state index in [1.807, 2.05) is 0 Å². The van der Waals surface area contributed by atoms with Crippen LogP contribution in [-0.4, -0.2) is 22.9 Å². The number of phenols is 1. The van der Waals surface area contributed by atoms with Gasteiger partial charge >= 0.3 is 0 Å². The second-order valence-electron chi connectivity index (χ2n) is 5.06. The number of phenolic OH excluding ortho intramolecular Hbond substituents is 1. The van der Waals surface area contributed by atoms with Crippen LogP contribution >= 0.6 is 0 Å². The number of rotatable bonds is 4. The molecule has 0 aromatic heterocycles. The van der Waals surface area contributed by atoms with E-state index in [0.29, 0.717) is 18.0 Å². The van der Waals surface area contributed by atoms with E-state index in [1.54, 1.807) is 12.1 Å². The number of benzene rings is 1. The summed E-state index contributed by atoms with van der Waals surface area (Å²) < 4.78 is 13.1. The lowest BCUT2D eigenvalue weighted by Gasteiger charge is -2.26. The highest BCUT2D eigenvalue weighted by Gasteiger charge is 2.19. The van der Waals surface area contributed by atoms with Crippen LogP contribution in [-0.2, 0) is 6.54 Å². The summed E-state index contributed by atoms with van der Waals surface area (Å²) in [5, 5.41) is 22.3. The zero-order valence-electron chi connectivity index (χ0n) is 10.4. The van der Waals surface area contributed by atoms with E-state index in [-0.39, 0.29) is 11.9 Å². The Bertz CT molecular complexity index is 397. The summed E-state index contributed by atoms with van der Waals surface area (Å²) >= 11 is 0. The van der Waals surface area contributed by atoms with Crippen LogP contribution in [0.1, 0.15) is 31.2 Å². The first kappa shape index (κ1) is 13.3. The highest BCUT2D eigenvalue weighted by atomic mass is 19.1. The maximum Gasteiger partial charge on any atom is 0.165 e. The monoisotopic (exact) mass is 253 g/mol. The van der Waals surface area contributed by atoms with Gasteiger partial charge in [0.1, 0.15) is 0 Å². The standard InChI is InChI=1S/C14H20FNO2/c15-13-6-2-4-11(14(13)18)9-16-8-10-3-1-5-12(17)7-10/h2,4,6,10,12,16-18H,1,3,5,7-9H2. The maximum absolute atomic E-state index is 13.1. The molecule has 0 aliphatic heterocycles. The summed E-state index contributed by atoms with van der Waals surface area (Å²) in [6, 6.07) is 4.55. The first-order valence-corrected chi connectivity index (χ1v) is 6.52. The van der Waals surface area contributed by atoms with Crippen LogP contribution < -0.4 is 5.32 Å². The van der Waals surface area contributed by atoms with Gasteiger partial charge in [-0.25, -0.2) is 4.39 Å². The van der Waals surface area contributed by atoms with E-state index in [9.17, 15) is 14.6 Å². The molecule has 1 aromatic rings. The maximum atomic E-state index is 13.1.